The molecule has 8 heteroatoms. The van der Waals surface area contributed by atoms with Crippen LogP contribution in [-0.2, 0) is 14.8 Å². The molecule has 1 saturated heterocycles. The van der Waals surface area contributed by atoms with Crippen molar-refractivity contribution in [2.24, 2.45) is 0 Å². The van der Waals surface area contributed by atoms with E-state index in [0.717, 1.165) is 10.4 Å². The summed E-state index contributed by atoms with van der Waals surface area (Å²) in [5.74, 6) is -0.986. The molecule has 1 atom stereocenters. The summed E-state index contributed by atoms with van der Waals surface area (Å²) in [5.41, 5.74) is -0.973. The van der Waals surface area contributed by atoms with Crippen molar-refractivity contribution >= 4 is 15.9 Å². The van der Waals surface area contributed by atoms with Crippen LogP contribution in [-0.4, -0.2) is 49.5 Å². The molecule has 1 aliphatic heterocycles. The lowest BCUT2D eigenvalue weighted by Crippen LogP contribution is -2.52. The van der Waals surface area contributed by atoms with Gasteiger partial charge in [0.1, 0.15) is 5.82 Å². The van der Waals surface area contributed by atoms with Gasteiger partial charge < -0.3 is 10.4 Å². The van der Waals surface area contributed by atoms with E-state index in [0.29, 0.717) is 18.4 Å². The maximum Gasteiger partial charge on any atom is 0.243 e. The Morgan fingerprint density at radius 2 is 2.17 bits per heavy atom. The van der Waals surface area contributed by atoms with E-state index in [1.807, 2.05) is 0 Å². The van der Waals surface area contributed by atoms with Crippen molar-refractivity contribution in [1.29, 1.82) is 0 Å². The molecule has 2 rings (SSSR count). The number of hydrogen-bond acceptors (Lipinski definition) is 4. The largest absolute Gasteiger partial charge is 0.388 e. The van der Waals surface area contributed by atoms with Gasteiger partial charge in [0.2, 0.25) is 15.9 Å². The molecule has 128 valence electrons. The number of piperidine rings is 1. The molecule has 0 saturated carbocycles. The van der Waals surface area contributed by atoms with Crippen LogP contribution in [0.3, 0.4) is 0 Å². The van der Waals surface area contributed by atoms with Gasteiger partial charge in [-0.3, -0.25) is 4.79 Å². The van der Waals surface area contributed by atoms with Crippen LogP contribution in [0.15, 0.2) is 23.1 Å². The topological polar surface area (TPSA) is 86.7 Å². The molecule has 1 aliphatic rings. The zero-order valence-electron chi connectivity index (χ0n) is 13.2. The molecule has 23 heavy (non-hydrogen) atoms. The summed E-state index contributed by atoms with van der Waals surface area (Å²) in [6.07, 6.45) is 0.604. The molecule has 1 fully saturated rings. The third-order valence-corrected chi connectivity index (χ3v) is 6.04. The Bertz CT molecular complexity index is 707. The van der Waals surface area contributed by atoms with Crippen LogP contribution >= 0.6 is 0 Å². The van der Waals surface area contributed by atoms with Crippen LogP contribution in [0.25, 0.3) is 0 Å². The SMILES string of the molecule is CNC(=O)CC1(O)CCCN(S(=O)(=O)c2cc(F)ccc2C)C1. The lowest BCUT2D eigenvalue weighted by molar-refractivity contribution is -0.127. The van der Waals surface area contributed by atoms with Gasteiger partial charge in [0.05, 0.1) is 16.9 Å². The Morgan fingerprint density at radius 1 is 1.48 bits per heavy atom. The molecule has 0 bridgehead atoms. The summed E-state index contributed by atoms with van der Waals surface area (Å²) in [7, 11) is -2.47. The van der Waals surface area contributed by atoms with E-state index in [1.54, 1.807) is 6.92 Å². The van der Waals surface area contributed by atoms with Crippen molar-refractivity contribution in [3.8, 4) is 0 Å². The summed E-state index contributed by atoms with van der Waals surface area (Å²) < 4.78 is 40.1. The smallest absolute Gasteiger partial charge is 0.243 e. The number of β-amino-alcohol motifs (C(OH)–C–C–N with tert-alkyl or cyclic N) is 1. The van der Waals surface area contributed by atoms with Gasteiger partial charge in [-0.2, -0.15) is 4.31 Å². The summed E-state index contributed by atoms with van der Waals surface area (Å²) >= 11 is 0. The number of halogens is 1. The zero-order chi connectivity index (χ0) is 17.3. The van der Waals surface area contributed by atoms with E-state index in [2.05, 4.69) is 5.32 Å². The van der Waals surface area contributed by atoms with Crippen LogP contribution < -0.4 is 5.32 Å². The second-order valence-electron chi connectivity index (χ2n) is 5.93. The van der Waals surface area contributed by atoms with Crippen LogP contribution in [0.5, 0.6) is 0 Å². The molecule has 1 heterocycles. The molecule has 6 nitrogen and oxygen atoms in total. The molecule has 0 spiro atoms. The highest BCUT2D eigenvalue weighted by Crippen LogP contribution is 2.30. The first-order chi connectivity index (χ1) is 10.7. The number of amides is 1. The number of sulfonamides is 1. The quantitative estimate of drug-likeness (QED) is 0.845. The Labute approximate surface area is 135 Å². The number of rotatable bonds is 4. The highest BCUT2D eigenvalue weighted by atomic mass is 32.2. The molecule has 2 N–H and O–H groups in total. The first-order valence-electron chi connectivity index (χ1n) is 7.37. The molecule has 0 aromatic heterocycles. The van der Waals surface area contributed by atoms with Crippen LogP contribution in [0.2, 0.25) is 0 Å². The Morgan fingerprint density at radius 3 is 2.83 bits per heavy atom. The average molecular weight is 344 g/mol. The maximum atomic E-state index is 13.4. The number of hydrogen-bond donors (Lipinski definition) is 2. The molecular formula is C15H21FN2O4S. The maximum absolute atomic E-state index is 13.4. The van der Waals surface area contributed by atoms with E-state index in [4.69, 9.17) is 0 Å². The van der Waals surface area contributed by atoms with Gasteiger partial charge in [-0.15, -0.1) is 0 Å². The molecular weight excluding hydrogens is 323 g/mol. The number of carbonyl (C=O) groups is 1. The number of benzene rings is 1. The Hall–Kier alpha value is -1.51. The van der Waals surface area contributed by atoms with Crippen molar-refractivity contribution in [3.05, 3.63) is 29.6 Å². The van der Waals surface area contributed by atoms with Crippen molar-refractivity contribution in [2.45, 2.75) is 36.7 Å². The Balaban J connectivity index is 2.29. The summed E-state index contributed by atoms with van der Waals surface area (Å²) in [5, 5.41) is 13.0. The minimum absolute atomic E-state index is 0.110. The molecule has 1 amide bonds. The van der Waals surface area contributed by atoms with Gasteiger partial charge in [0, 0.05) is 20.1 Å². The molecule has 1 unspecified atom stereocenters. The van der Waals surface area contributed by atoms with Gasteiger partial charge in [0.15, 0.2) is 0 Å². The van der Waals surface area contributed by atoms with Gasteiger partial charge in [-0.1, -0.05) is 6.07 Å². The monoisotopic (exact) mass is 344 g/mol. The fraction of sp³-hybridized carbons (Fsp3) is 0.533. The lowest BCUT2D eigenvalue weighted by Gasteiger charge is -2.38. The minimum Gasteiger partial charge on any atom is -0.388 e. The summed E-state index contributed by atoms with van der Waals surface area (Å²) in [6.45, 7) is 1.64. The summed E-state index contributed by atoms with van der Waals surface area (Å²) in [4.78, 5) is 11.4. The fourth-order valence-electron chi connectivity index (χ4n) is 2.80. The van der Waals surface area contributed by atoms with E-state index >= 15 is 0 Å². The molecule has 0 aliphatic carbocycles. The number of aliphatic hydroxyl groups is 1. The van der Waals surface area contributed by atoms with Gasteiger partial charge >= 0.3 is 0 Å². The third kappa shape index (κ3) is 3.88. The number of carbonyl (C=O) groups excluding carboxylic acids is 1. The van der Waals surface area contributed by atoms with E-state index < -0.39 is 21.4 Å². The number of nitrogens with one attached hydrogen (secondary N) is 1. The number of aryl methyl sites for hydroxylation is 1. The van der Waals surface area contributed by atoms with Crippen molar-refractivity contribution in [2.75, 3.05) is 20.1 Å². The normalized spacial score (nSPS) is 22.8. The molecule has 0 radical (unpaired) electrons. The second-order valence-corrected chi connectivity index (χ2v) is 7.83. The van der Waals surface area contributed by atoms with Crippen LogP contribution in [0, 0.1) is 12.7 Å². The highest BCUT2D eigenvalue weighted by molar-refractivity contribution is 7.89. The fourth-order valence-corrected chi connectivity index (χ4v) is 4.59. The van der Waals surface area contributed by atoms with E-state index in [1.165, 1.54) is 19.2 Å². The van der Waals surface area contributed by atoms with Crippen molar-refractivity contribution in [3.63, 3.8) is 0 Å². The second kappa shape index (κ2) is 6.54. The Kier molecular flexibility index (Phi) is 5.07. The predicted molar refractivity (Wildman–Crippen MR) is 82.8 cm³/mol. The standard InChI is InChI=1S/C15H21FN2O4S/c1-11-4-5-12(16)8-13(11)23(21,22)18-7-3-6-15(20,10-18)9-14(19)17-2/h4-5,8,20H,3,6-7,9-10H2,1-2H3,(H,17,19). The zero-order valence-corrected chi connectivity index (χ0v) is 14.0. The predicted octanol–water partition coefficient (Wildman–Crippen LogP) is 0.786. The van der Waals surface area contributed by atoms with Crippen molar-refractivity contribution < 1.29 is 22.7 Å². The van der Waals surface area contributed by atoms with Gasteiger partial charge in [-0.25, -0.2) is 12.8 Å². The van der Waals surface area contributed by atoms with Crippen molar-refractivity contribution in [1.82, 2.24) is 9.62 Å². The van der Waals surface area contributed by atoms with Crippen LogP contribution in [0.1, 0.15) is 24.8 Å². The van der Waals surface area contributed by atoms with Gasteiger partial charge in [-0.05, 0) is 37.5 Å². The van der Waals surface area contributed by atoms with Gasteiger partial charge in [0.25, 0.3) is 0 Å². The minimum atomic E-state index is -3.93. The van der Waals surface area contributed by atoms with E-state index in [9.17, 15) is 22.7 Å². The lowest BCUT2D eigenvalue weighted by atomic mass is 9.90. The third-order valence-electron chi connectivity index (χ3n) is 4.06. The first-order valence-corrected chi connectivity index (χ1v) is 8.81. The molecule has 1 aromatic carbocycles. The van der Waals surface area contributed by atoms with Crippen LogP contribution in [0.4, 0.5) is 4.39 Å². The molecule has 1 aromatic rings. The summed E-state index contributed by atoms with van der Waals surface area (Å²) in [6, 6.07) is 3.59. The average Bonchev–Trinajstić information content (AvgIpc) is 2.49. The number of nitrogens with zero attached hydrogens (tertiary/aromatic N) is 1. The highest BCUT2D eigenvalue weighted by Gasteiger charge is 2.40. The van der Waals surface area contributed by atoms with E-state index in [-0.39, 0.29) is 30.3 Å². The first kappa shape index (κ1) is 17.8.